The highest BCUT2D eigenvalue weighted by molar-refractivity contribution is 7.99. The first-order valence-electron chi connectivity index (χ1n) is 6.81. The molecule has 1 aliphatic rings. The predicted octanol–water partition coefficient (Wildman–Crippen LogP) is 1.94. The summed E-state index contributed by atoms with van der Waals surface area (Å²) in [7, 11) is 0. The molecule has 1 aliphatic heterocycles. The summed E-state index contributed by atoms with van der Waals surface area (Å²) in [6.07, 6.45) is 2.01. The molecule has 20 heavy (non-hydrogen) atoms. The van der Waals surface area contributed by atoms with Gasteiger partial charge in [-0.25, -0.2) is 4.79 Å². The number of amides is 1. The van der Waals surface area contributed by atoms with Crippen LogP contribution < -0.4 is 5.32 Å². The van der Waals surface area contributed by atoms with Gasteiger partial charge in [-0.15, -0.1) is 0 Å². The van der Waals surface area contributed by atoms with Gasteiger partial charge in [-0.2, -0.15) is 11.8 Å². The number of nitrogens with one attached hydrogen (secondary N) is 1. The van der Waals surface area contributed by atoms with Crippen molar-refractivity contribution in [3.05, 3.63) is 35.9 Å². The molecule has 1 saturated heterocycles. The van der Waals surface area contributed by atoms with E-state index in [0.29, 0.717) is 6.42 Å². The van der Waals surface area contributed by atoms with E-state index in [2.05, 4.69) is 5.32 Å². The Balaban J connectivity index is 1.95. The largest absolute Gasteiger partial charge is 0.480 e. The van der Waals surface area contributed by atoms with Gasteiger partial charge in [0.05, 0.1) is 0 Å². The minimum atomic E-state index is -0.979. The Kier molecular flexibility index (Phi) is 5.47. The smallest absolute Gasteiger partial charge is 0.326 e. The zero-order valence-electron chi connectivity index (χ0n) is 11.2. The van der Waals surface area contributed by atoms with E-state index in [-0.39, 0.29) is 11.8 Å². The number of thioether (sulfide) groups is 1. The predicted molar refractivity (Wildman–Crippen MR) is 79.8 cm³/mol. The van der Waals surface area contributed by atoms with Crippen molar-refractivity contribution in [1.29, 1.82) is 0 Å². The van der Waals surface area contributed by atoms with Crippen molar-refractivity contribution in [2.24, 2.45) is 5.92 Å². The van der Waals surface area contributed by atoms with Crippen LogP contribution in [0.1, 0.15) is 18.4 Å². The number of rotatable bonds is 5. The maximum Gasteiger partial charge on any atom is 0.326 e. The molecule has 0 aromatic heterocycles. The van der Waals surface area contributed by atoms with Crippen LogP contribution in [0.3, 0.4) is 0 Å². The first-order valence-corrected chi connectivity index (χ1v) is 7.97. The molecule has 0 unspecified atom stereocenters. The Morgan fingerprint density at radius 1 is 1.25 bits per heavy atom. The van der Waals surface area contributed by atoms with Crippen molar-refractivity contribution in [2.45, 2.75) is 25.3 Å². The van der Waals surface area contributed by atoms with E-state index in [1.54, 1.807) is 0 Å². The van der Waals surface area contributed by atoms with Crippen LogP contribution in [0.25, 0.3) is 0 Å². The monoisotopic (exact) mass is 293 g/mol. The Hall–Kier alpha value is -1.49. The summed E-state index contributed by atoms with van der Waals surface area (Å²) in [5, 5.41) is 11.9. The summed E-state index contributed by atoms with van der Waals surface area (Å²) in [6.45, 7) is 0. The van der Waals surface area contributed by atoms with Gasteiger partial charge in [-0.1, -0.05) is 30.3 Å². The third-order valence-corrected chi connectivity index (χ3v) is 4.54. The van der Waals surface area contributed by atoms with E-state index in [4.69, 9.17) is 0 Å². The Bertz CT molecular complexity index is 457. The average molecular weight is 293 g/mol. The third kappa shape index (κ3) is 4.27. The van der Waals surface area contributed by atoms with Gasteiger partial charge in [-0.3, -0.25) is 4.79 Å². The molecule has 4 nitrogen and oxygen atoms in total. The van der Waals surface area contributed by atoms with Crippen molar-refractivity contribution in [3.8, 4) is 0 Å². The van der Waals surface area contributed by atoms with Crippen LogP contribution in [0.15, 0.2) is 30.3 Å². The quantitative estimate of drug-likeness (QED) is 0.870. The van der Waals surface area contributed by atoms with Gasteiger partial charge in [0.1, 0.15) is 6.04 Å². The molecule has 0 radical (unpaired) electrons. The summed E-state index contributed by atoms with van der Waals surface area (Å²) in [4.78, 5) is 23.4. The van der Waals surface area contributed by atoms with Gasteiger partial charge in [0.25, 0.3) is 0 Å². The molecular formula is C15H19NO3S. The summed E-state index contributed by atoms with van der Waals surface area (Å²) in [5.74, 6) is 0.832. The van der Waals surface area contributed by atoms with E-state index < -0.39 is 12.0 Å². The van der Waals surface area contributed by atoms with Crippen LogP contribution in [-0.2, 0) is 16.0 Å². The lowest BCUT2D eigenvalue weighted by molar-refractivity contribution is -0.142. The fraction of sp³-hybridized carbons (Fsp3) is 0.467. The lowest BCUT2D eigenvalue weighted by atomic mass is 10.00. The standard InChI is InChI=1S/C15H19NO3S/c17-14(12-6-8-20-9-7-12)16-13(15(18)19)10-11-4-2-1-3-5-11/h1-5,12-13H,6-10H2,(H,16,17)(H,18,19)/t13-/m0/s1. The molecule has 0 bridgehead atoms. The number of carboxylic acids is 1. The molecule has 1 aromatic carbocycles. The summed E-state index contributed by atoms with van der Waals surface area (Å²) >= 11 is 1.85. The van der Waals surface area contributed by atoms with Gasteiger partial charge in [0.15, 0.2) is 0 Å². The SMILES string of the molecule is O=C(N[C@@H](Cc1ccccc1)C(=O)O)C1CCSCC1. The van der Waals surface area contributed by atoms with Gasteiger partial charge in [0.2, 0.25) is 5.91 Å². The molecule has 1 fully saturated rings. The van der Waals surface area contributed by atoms with Crippen molar-refractivity contribution < 1.29 is 14.7 Å². The number of carboxylic acid groups (broad SMARTS) is 1. The van der Waals surface area contributed by atoms with E-state index in [0.717, 1.165) is 29.9 Å². The fourth-order valence-corrected chi connectivity index (χ4v) is 3.41. The van der Waals surface area contributed by atoms with Crippen LogP contribution in [0.2, 0.25) is 0 Å². The Morgan fingerprint density at radius 3 is 2.50 bits per heavy atom. The normalized spacial score (nSPS) is 17.4. The van der Waals surface area contributed by atoms with Crippen molar-refractivity contribution >= 4 is 23.6 Å². The first-order chi connectivity index (χ1) is 9.66. The molecule has 0 saturated carbocycles. The average Bonchev–Trinajstić information content (AvgIpc) is 2.48. The highest BCUT2D eigenvalue weighted by Crippen LogP contribution is 2.22. The fourth-order valence-electron chi connectivity index (χ4n) is 2.30. The number of carbonyl (C=O) groups is 2. The number of benzene rings is 1. The van der Waals surface area contributed by atoms with Crippen molar-refractivity contribution in [1.82, 2.24) is 5.32 Å². The molecule has 0 aliphatic carbocycles. The van der Waals surface area contributed by atoms with Crippen LogP contribution in [0, 0.1) is 5.92 Å². The molecule has 0 spiro atoms. The highest BCUT2D eigenvalue weighted by Gasteiger charge is 2.26. The molecule has 2 N–H and O–H groups in total. The van der Waals surface area contributed by atoms with Crippen LogP contribution >= 0.6 is 11.8 Å². The molecule has 1 heterocycles. The number of hydrogen-bond acceptors (Lipinski definition) is 3. The zero-order chi connectivity index (χ0) is 14.4. The second kappa shape index (κ2) is 7.33. The van der Waals surface area contributed by atoms with Crippen LogP contribution in [0.4, 0.5) is 0 Å². The molecule has 2 rings (SSSR count). The molecule has 1 aromatic rings. The maximum atomic E-state index is 12.1. The molecular weight excluding hydrogens is 274 g/mol. The molecule has 5 heteroatoms. The first kappa shape index (κ1) is 14.9. The van der Waals surface area contributed by atoms with Gasteiger partial charge >= 0.3 is 5.97 Å². The molecule has 1 atom stereocenters. The van der Waals surface area contributed by atoms with Crippen LogP contribution in [0.5, 0.6) is 0 Å². The second-order valence-electron chi connectivity index (χ2n) is 4.98. The minimum absolute atomic E-state index is 0.0335. The minimum Gasteiger partial charge on any atom is -0.480 e. The maximum absolute atomic E-state index is 12.1. The van der Waals surface area contributed by atoms with E-state index in [1.807, 2.05) is 42.1 Å². The number of aliphatic carboxylic acids is 1. The topological polar surface area (TPSA) is 66.4 Å². The zero-order valence-corrected chi connectivity index (χ0v) is 12.1. The highest BCUT2D eigenvalue weighted by atomic mass is 32.2. The summed E-state index contributed by atoms with van der Waals surface area (Å²) in [6, 6.07) is 8.53. The van der Waals surface area contributed by atoms with E-state index in [1.165, 1.54) is 0 Å². The lowest BCUT2D eigenvalue weighted by Crippen LogP contribution is -2.45. The Labute approximate surface area is 123 Å². The van der Waals surface area contributed by atoms with E-state index >= 15 is 0 Å². The van der Waals surface area contributed by atoms with E-state index in [9.17, 15) is 14.7 Å². The van der Waals surface area contributed by atoms with Crippen LogP contribution in [-0.4, -0.2) is 34.5 Å². The van der Waals surface area contributed by atoms with Gasteiger partial charge < -0.3 is 10.4 Å². The lowest BCUT2D eigenvalue weighted by Gasteiger charge is -2.23. The summed E-state index contributed by atoms with van der Waals surface area (Å²) < 4.78 is 0. The second-order valence-corrected chi connectivity index (χ2v) is 6.20. The number of carbonyl (C=O) groups excluding carboxylic acids is 1. The third-order valence-electron chi connectivity index (χ3n) is 3.49. The summed E-state index contributed by atoms with van der Waals surface area (Å²) in [5.41, 5.74) is 0.916. The Morgan fingerprint density at radius 2 is 1.90 bits per heavy atom. The van der Waals surface area contributed by atoms with Gasteiger partial charge in [0, 0.05) is 12.3 Å². The number of hydrogen-bond donors (Lipinski definition) is 2. The molecule has 1 amide bonds. The van der Waals surface area contributed by atoms with Crippen molar-refractivity contribution in [3.63, 3.8) is 0 Å². The van der Waals surface area contributed by atoms with Gasteiger partial charge in [-0.05, 0) is 29.9 Å². The molecule has 108 valence electrons. The van der Waals surface area contributed by atoms with Crippen molar-refractivity contribution in [2.75, 3.05) is 11.5 Å².